The van der Waals surface area contributed by atoms with Crippen LogP contribution in [-0.4, -0.2) is 47.7 Å². The van der Waals surface area contributed by atoms with Crippen molar-refractivity contribution in [2.75, 3.05) is 26.2 Å². The number of piperidine rings is 1. The van der Waals surface area contributed by atoms with E-state index in [9.17, 15) is 9.90 Å². The van der Waals surface area contributed by atoms with Gasteiger partial charge in [-0.15, -0.1) is 0 Å². The van der Waals surface area contributed by atoms with Crippen molar-refractivity contribution in [1.29, 1.82) is 0 Å². The summed E-state index contributed by atoms with van der Waals surface area (Å²) in [7, 11) is 0. The maximum absolute atomic E-state index is 11.4. The zero-order chi connectivity index (χ0) is 13.8. The van der Waals surface area contributed by atoms with E-state index in [0.717, 1.165) is 38.9 Å². The van der Waals surface area contributed by atoms with E-state index < -0.39 is 11.5 Å². The van der Waals surface area contributed by atoms with E-state index in [0.29, 0.717) is 12.0 Å². The van der Waals surface area contributed by atoms with Gasteiger partial charge in [0.1, 0.15) is 5.54 Å². The minimum absolute atomic E-state index is 0.410. The molecule has 0 aromatic heterocycles. The number of nitrogens with one attached hydrogen (secondary N) is 1. The van der Waals surface area contributed by atoms with Gasteiger partial charge in [0.05, 0.1) is 0 Å². The van der Waals surface area contributed by atoms with E-state index >= 15 is 0 Å². The van der Waals surface area contributed by atoms with Crippen LogP contribution in [0.3, 0.4) is 0 Å². The van der Waals surface area contributed by atoms with Gasteiger partial charge in [-0.3, -0.25) is 4.79 Å². The predicted octanol–water partition coefficient (Wildman–Crippen LogP) is 1.95. The molecule has 1 unspecified atom stereocenters. The maximum atomic E-state index is 11.4. The number of nitrogens with zero attached hydrogens (tertiary/aromatic N) is 1. The molecule has 106 valence electrons. The van der Waals surface area contributed by atoms with E-state index in [2.05, 4.69) is 31.0 Å². The van der Waals surface area contributed by atoms with Gasteiger partial charge in [0.25, 0.3) is 0 Å². The van der Waals surface area contributed by atoms with Crippen LogP contribution >= 0.6 is 0 Å². The highest BCUT2D eigenvalue weighted by atomic mass is 16.4. The summed E-state index contributed by atoms with van der Waals surface area (Å²) in [4.78, 5) is 13.7. The molecule has 1 aliphatic heterocycles. The standard InChI is InChI=1S/C14H28N2O2/c1-5-8-15-14(4,12(17)18)11-16-9-6-13(2,3)7-10-16/h15H,5-11H2,1-4H3,(H,17,18). The molecule has 0 spiro atoms. The van der Waals surface area contributed by atoms with Gasteiger partial charge in [-0.1, -0.05) is 20.8 Å². The lowest BCUT2D eigenvalue weighted by molar-refractivity contribution is -0.145. The SMILES string of the molecule is CCCNC(C)(CN1CCC(C)(C)CC1)C(=O)O. The van der Waals surface area contributed by atoms with Crippen molar-refractivity contribution in [3.8, 4) is 0 Å². The zero-order valence-corrected chi connectivity index (χ0v) is 12.3. The second kappa shape index (κ2) is 6.02. The Morgan fingerprint density at radius 1 is 1.39 bits per heavy atom. The molecule has 0 aromatic carbocycles. The van der Waals surface area contributed by atoms with Crippen LogP contribution in [0.4, 0.5) is 0 Å². The first-order valence-corrected chi connectivity index (χ1v) is 7.00. The number of likely N-dealkylation sites (tertiary alicyclic amines) is 1. The Labute approximate surface area is 111 Å². The lowest BCUT2D eigenvalue weighted by atomic mass is 9.82. The van der Waals surface area contributed by atoms with E-state index in [-0.39, 0.29) is 0 Å². The summed E-state index contributed by atoms with van der Waals surface area (Å²) in [6.45, 7) is 11.8. The van der Waals surface area contributed by atoms with Gasteiger partial charge in [-0.25, -0.2) is 0 Å². The molecular formula is C14H28N2O2. The molecule has 1 rings (SSSR count). The van der Waals surface area contributed by atoms with Crippen molar-refractivity contribution in [2.24, 2.45) is 5.41 Å². The van der Waals surface area contributed by atoms with Crippen LogP contribution < -0.4 is 5.32 Å². The van der Waals surface area contributed by atoms with Gasteiger partial charge >= 0.3 is 5.97 Å². The number of aliphatic carboxylic acids is 1. The second-order valence-corrected chi connectivity index (χ2v) is 6.50. The fourth-order valence-electron chi connectivity index (χ4n) is 2.36. The molecule has 2 N–H and O–H groups in total. The topological polar surface area (TPSA) is 52.6 Å². The fourth-order valence-corrected chi connectivity index (χ4v) is 2.36. The first kappa shape index (κ1) is 15.4. The summed E-state index contributed by atoms with van der Waals surface area (Å²) in [5.74, 6) is -0.749. The Balaban J connectivity index is 2.54. The molecule has 4 nitrogen and oxygen atoms in total. The highest BCUT2D eigenvalue weighted by molar-refractivity contribution is 5.78. The minimum Gasteiger partial charge on any atom is -0.480 e. The summed E-state index contributed by atoms with van der Waals surface area (Å²) < 4.78 is 0. The Bertz CT molecular complexity index is 282. The molecule has 1 atom stereocenters. The summed E-state index contributed by atoms with van der Waals surface area (Å²) in [5, 5.41) is 12.6. The third-order valence-electron chi connectivity index (χ3n) is 3.99. The average Bonchev–Trinajstić information content (AvgIpc) is 2.29. The molecular weight excluding hydrogens is 228 g/mol. The van der Waals surface area contributed by atoms with Gasteiger partial charge < -0.3 is 15.3 Å². The second-order valence-electron chi connectivity index (χ2n) is 6.50. The van der Waals surface area contributed by atoms with Crippen molar-refractivity contribution in [3.05, 3.63) is 0 Å². The van der Waals surface area contributed by atoms with Crippen LogP contribution in [0.15, 0.2) is 0 Å². The third-order valence-corrected chi connectivity index (χ3v) is 3.99. The van der Waals surface area contributed by atoms with Crippen LogP contribution in [0, 0.1) is 5.41 Å². The van der Waals surface area contributed by atoms with Crippen molar-refractivity contribution >= 4 is 5.97 Å². The quantitative estimate of drug-likeness (QED) is 0.762. The lowest BCUT2D eigenvalue weighted by Gasteiger charge is -2.40. The molecule has 0 aliphatic carbocycles. The summed E-state index contributed by atoms with van der Waals surface area (Å²) >= 11 is 0. The highest BCUT2D eigenvalue weighted by Crippen LogP contribution is 2.30. The molecule has 4 heteroatoms. The molecule has 0 bridgehead atoms. The first-order chi connectivity index (χ1) is 8.29. The molecule has 1 aliphatic rings. The van der Waals surface area contributed by atoms with Crippen LogP contribution in [0.2, 0.25) is 0 Å². The predicted molar refractivity (Wildman–Crippen MR) is 73.8 cm³/mol. The molecule has 1 heterocycles. The summed E-state index contributed by atoms with van der Waals surface area (Å²) in [6, 6.07) is 0. The number of carbonyl (C=O) groups is 1. The van der Waals surface area contributed by atoms with Crippen LogP contribution in [-0.2, 0) is 4.79 Å². The molecule has 1 fully saturated rings. The zero-order valence-electron chi connectivity index (χ0n) is 12.3. The Hall–Kier alpha value is -0.610. The fraction of sp³-hybridized carbons (Fsp3) is 0.929. The van der Waals surface area contributed by atoms with Crippen LogP contribution in [0.5, 0.6) is 0 Å². The summed E-state index contributed by atoms with van der Waals surface area (Å²) in [6.07, 6.45) is 3.25. The number of carboxylic acids is 1. The van der Waals surface area contributed by atoms with Crippen molar-refractivity contribution < 1.29 is 9.90 Å². The number of hydrogen-bond donors (Lipinski definition) is 2. The van der Waals surface area contributed by atoms with Crippen molar-refractivity contribution in [3.63, 3.8) is 0 Å². The van der Waals surface area contributed by atoms with Crippen molar-refractivity contribution in [1.82, 2.24) is 10.2 Å². The molecule has 1 saturated heterocycles. The van der Waals surface area contributed by atoms with E-state index in [1.807, 2.05) is 0 Å². The Kier molecular flexibility index (Phi) is 5.17. The van der Waals surface area contributed by atoms with E-state index in [1.165, 1.54) is 0 Å². The monoisotopic (exact) mass is 256 g/mol. The van der Waals surface area contributed by atoms with E-state index in [4.69, 9.17) is 0 Å². The van der Waals surface area contributed by atoms with Crippen LogP contribution in [0.1, 0.15) is 47.0 Å². The first-order valence-electron chi connectivity index (χ1n) is 7.00. The van der Waals surface area contributed by atoms with Gasteiger partial charge in [0, 0.05) is 6.54 Å². The van der Waals surface area contributed by atoms with Gasteiger partial charge in [-0.2, -0.15) is 0 Å². The largest absolute Gasteiger partial charge is 0.480 e. The molecule has 0 amide bonds. The Morgan fingerprint density at radius 3 is 2.39 bits per heavy atom. The van der Waals surface area contributed by atoms with Crippen LogP contribution in [0.25, 0.3) is 0 Å². The van der Waals surface area contributed by atoms with Gasteiger partial charge in [-0.05, 0) is 51.2 Å². The smallest absolute Gasteiger partial charge is 0.324 e. The Morgan fingerprint density at radius 2 is 1.94 bits per heavy atom. The third kappa shape index (κ3) is 4.25. The average molecular weight is 256 g/mol. The van der Waals surface area contributed by atoms with Gasteiger partial charge in [0.2, 0.25) is 0 Å². The molecule has 0 aromatic rings. The lowest BCUT2D eigenvalue weighted by Crippen LogP contribution is -2.58. The number of carboxylic acid groups (broad SMARTS) is 1. The molecule has 0 saturated carbocycles. The highest BCUT2D eigenvalue weighted by Gasteiger charge is 2.36. The van der Waals surface area contributed by atoms with E-state index in [1.54, 1.807) is 6.92 Å². The summed E-state index contributed by atoms with van der Waals surface area (Å²) in [5.41, 5.74) is -0.412. The molecule has 0 radical (unpaired) electrons. The normalized spacial score (nSPS) is 23.6. The number of hydrogen-bond acceptors (Lipinski definition) is 3. The molecule has 18 heavy (non-hydrogen) atoms. The minimum atomic E-state index is -0.822. The van der Waals surface area contributed by atoms with Crippen molar-refractivity contribution in [2.45, 2.75) is 52.5 Å². The number of rotatable bonds is 6. The maximum Gasteiger partial charge on any atom is 0.324 e. The van der Waals surface area contributed by atoms with Gasteiger partial charge in [0.15, 0.2) is 0 Å².